The van der Waals surface area contributed by atoms with E-state index in [1.54, 1.807) is 0 Å². The summed E-state index contributed by atoms with van der Waals surface area (Å²) in [6.45, 7) is 2.18. The summed E-state index contributed by atoms with van der Waals surface area (Å²) in [6.07, 6.45) is 7.33. The van der Waals surface area contributed by atoms with Crippen LogP contribution in [0, 0.1) is 5.92 Å². The molecule has 0 bridgehead atoms. The molecule has 0 saturated heterocycles. The highest BCUT2D eigenvalue weighted by Crippen LogP contribution is 2.27. The van der Waals surface area contributed by atoms with Crippen LogP contribution in [0.2, 0.25) is 0 Å². The molecule has 1 aromatic rings. The fourth-order valence-electron chi connectivity index (χ4n) is 2.60. The van der Waals surface area contributed by atoms with Crippen molar-refractivity contribution in [3.05, 3.63) is 11.9 Å². The lowest BCUT2D eigenvalue weighted by molar-refractivity contribution is 0.0900. The molecule has 2 rings (SSSR count). The van der Waals surface area contributed by atoms with Gasteiger partial charge in [0, 0.05) is 6.04 Å². The number of rotatable bonds is 3. The summed E-state index contributed by atoms with van der Waals surface area (Å²) in [5, 5.41) is 9.48. The normalized spacial score (nSPS) is 24.5. The molecule has 17 heavy (non-hydrogen) atoms. The van der Waals surface area contributed by atoms with Crippen molar-refractivity contribution in [1.29, 1.82) is 0 Å². The molecule has 94 valence electrons. The van der Waals surface area contributed by atoms with Gasteiger partial charge in [-0.05, 0) is 18.8 Å². The van der Waals surface area contributed by atoms with Gasteiger partial charge < -0.3 is 11.1 Å². The predicted molar refractivity (Wildman–Crippen MR) is 66.5 cm³/mol. The van der Waals surface area contributed by atoms with E-state index in [0.717, 1.165) is 12.8 Å². The number of anilines is 1. The van der Waals surface area contributed by atoms with Gasteiger partial charge >= 0.3 is 0 Å². The summed E-state index contributed by atoms with van der Waals surface area (Å²) < 4.78 is 0. The van der Waals surface area contributed by atoms with Crippen LogP contribution in [0.5, 0.6) is 0 Å². The second-order valence-corrected chi connectivity index (χ2v) is 4.73. The minimum atomic E-state index is -0.134. The number of carbonyl (C=O) groups excluding carboxylic acids is 1. The van der Waals surface area contributed by atoms with E-state index in [1.807, 2.05) is 0 Å². The van der Waals surface area contributed by atoms with Gasteiger partial charge in [0.15, 0.2) is 0 Å². The van der Waals surface area contributed by atoms with E-state index in [4.69, 9.17) is 5.73 Å². The van der Waals surface area contributed by atoms with Gasteiger partial charge in [0.2, 0.25) is 0 Å². The Labute approximate surface area is 101 Å². The molecular formula is C12H20N4O. The van der Waals surface area contributed by atoms with Crippen LogP contribution in [0.3, 0.4) is 0 Å². The highest BCUT2D eigenvalue weighted by Gasteiger charge is 2.26. The lowest BCUT2D eigenvalue weighted by Crippen LogP contribution is -2.42. The van der Waals surface area contributed by atoms with Crippen LogP contribution in [0.25, 0.3) is 0 Å². The summed E-state index contributed by atoms with van der Waals surface area (Å²) in [5.41, 5.74) is 6.45. The fraction of sp³-hybridized carbons (Fsp3) is 0.667. The summed E-state index contributed by atoms with van der Waals surface area (Å²) in [4.78, 5) is 12.0. The Kier molecular flexibility index (Phi) is 3.66. The van der Waals surface area contributed by atoms with Gasteiger partial charge in [0.1, 0.15) is 5.69 Å². The minimum Gasteiger partial charge on any atom is -0.396 e. The van der Waals surface area contributed by atoms with Crippen molar-refractivity contribution in [2.75, 3.05) is 5.73 Å². The van der Waals surface area contributed by atoms with Gasteiger partial charge in [-0.25, -0.2) is 0 Å². The maximum Gasteiger partial charge on any atom is 0.271 e. The topological polar surface area (TPSA) is 83.8 Å². The van der Waals surface area contributed by atoms with Crippen LogP contribution in [0.15, 0.2) is 6.20 Å². The van der Waals surface area contributed by atoms with Crippen LogP contribution in [-0.2, 0) is 0 Å². The van der Waals surface area contributed by atoms with Crippen LogP contribution in [0.1, 0.15) is 49.5 Å². The summed E-state index contributed by atoms with van der Waals surface area (Å²) in [7, 11) is 0. The minimum absolute atomic E-state index is 0.134. The molecule has 1 fully saturated rings. The van der Waals surface area contributed by atoms with Crippen LogP contribution >= 0.6 is 0 Å². The Morgan fingerprint density at radius 3 is 3.00 bits per heavy atom. The van der Waals surface area contributed by atoms with Gasteiger partial charge in [0.05, 0.1) is 11.9 Å². The zero-order valence-corrected chi connectivity index (χ0v) is 10.2. The number of nitrogen functional groups attached to an aromatic ring is 1. The fourth-order valence-corrected chi connectivity index (χ4v) is 2.60. The number of nitrogens with zero attached hydrogens (tertiary/aromatic N) is 1. The zero-order chi connectivity index (χ0) is 12.3. The molecule has 2 atom stereocenters. The van der Waals surface area contributed by atoms with E-state index in [9.17, 15) is 4.79 Å². The molecule has 1 heterocycles. The first-order valence-electron chi connectivity index (χ1n) is 6.32. The number of amides is 1. The lowest BCUT2D eigenvalue weighted by Gasteiger charge is -2.31. The third kappa shape index (κ3) is 2.60. The van der Waals surface area contributed by atoms with Crippen molar-refractivity contribution in [3.8, 4) is 0 Å². The zero-order valence-electron chi connectivity index (χ0n) is 10.2. The molecule has 4 N–H and O–H groups in total. The Morgan fingerprint density at radius 1 is 1.59 bits per heavy atom. The van der Waals surface area contributed by atoms with Crippen molar-refractivity contribution in [2.45, 2.75) is 45.1 Å². The summed E-state index contributed by atoms with van der Waals surface area (Å²) >= 11 is 0. The van der Waals surface area contributed by atoms with Crippen molar-refractivity contribution in [3.63, 3.8) is 0 Å². The average Bonchev–Trinajstić information content (AvgIpc) is 2.76. The van der Waals surface area contributed by atoms with Crippen LogP contribution < -0.4 is 11.1 Å². The van der Waals surface area contributed by atoms with E-state index in [1.165, 1.54) is 25.5 Å². The SMILES string of the molecule is CCC1CCCCC1NC(=O)c1[nH]ncc1N. The quantitative estimate of drug-likeness (QED) is 0.746. The highest BCUT2D eigenvalue weighted by molar-refractivity contribution is 5.97. The van der Waals surface area contributed by atoms with Gasteiger partial charge in [-0.2, -0.15) is 5.10 Å². The summed E-state index contributed by atoms with van der Waals surface area (Å²) in [6, 6.07) is 0.281. The Morgan fingerprint density at radius 2 is 2.35 bits per heavy atom. The molecule has 0 spiro atoms. The number of nitrogens with two attached hydrogens (primary N) is 1. The number of hydrogen-bond donors (Lipinski definition) is 3. The molecule has 1 aromatic heterocycles. The maximum absolute atomic E-state index is 12.0. The largest absolute Gasteiger partial charge is 0.396 e. The lowest BCUT2D eigenvalue weighted by atomic mass is 9.83. The first kappa shape index (κ1) is 12.0. The number of aromatic amines is 1. The average molecular weight is 236 g/mol. The van der Waals surface area contributed by atoms with E-state index in [0.29, 0.717) is 17.3 Å². The number of H-pyrrole nitrogens is 1. The van der Waals surface area contributed by atoms with Crippen LogP contribution in [0.4, 0.5) is 5.69 Å². The number of carbonyl (C=O) groups is 1. The monoisotopic (exact) mass is 236 g/mol. The Bertz CT molecular complexity index is 388. The van der Waals surface area contributed by atoms with Crippen molar-refractivity contribution in [1.82, 2.24) is 15.5 Å². The van der Waals surface area contributed by atoms with E-state index >= 15 is 0 Å². The molecule has 1 aliphatic carbocycles. The molecule has 1 aliphatic rings. The second-order valence-electron chi connectivity index (χ2n) is 4.73. The molecule has 1 saturated carbocycles. The number of hydrogen-bond acceptors (Lipinski definition) is 3. The molecule has 0 aliphatic heterocycles. The molecular weight excluding hydrogens is 216 g/mol. The number of nitrogens with one attached hydrogen (secondary N) is 2. The molecule has 5 heteroatoms. The van der Waals surface area contributed by atoms with Gasteiger partial charge in [-0.1, -0.05) is 26.2 Å². The third-order valence-electron chi connectivity index (χ3n) is 3.65. The van der Waals surface area contributed by atoms with Gasteiger partial charge in [-0.15, -0.1) is 0 Å². The third-order valence-corrected chi connectivity index (χ3v) is 3.65. The molecule has 5 nitrogen and oxygen atoms in total. The molecule has 2 unspecified atom stereocenters. The standard InChI is InChI=1S/C12H20N4O/c1-2-8-5-3-4-6-10(8)15-12(17)11-9(13)7-14-16-11/h7-8,10H,2-6,13H2,1H3,(H,14,16)(H,15,17). The number of aromatic nitrogens is 2. The van der Waals surface area contributed by atoms with E-state index in [2.05, 4.69) is 22.4 Å². The molecule has 0 radical (unpaired) electrons. The van der Waals surface area contributed by atoms with Crippen molar-refractivity contribution >= 4 is 11.6 Å². The summed E-state index contributed by atoms with van der Waals surface area (Å²) in [5.74, 6) is 0.460. The second kappa shape index (κ2) is 5.21. The van der Waals surface area contributed by atoms with Gasteiger partial charge in [-0.3, -0.25) is 9.89 Å². The molecule has 0 aromatic carbocycles. The Hall–Kier alpha value is -1.52. The molecule has 1 amide bonds. The van der Waals surface area contributed by atoms with Crippen molar-refractivity contribution in [2.24, 2.45) is 5.92 Å². The first-order chi connectivity index (χ1) is 8.22. The predicted octanol–water partition coefficient (Wildman–Crippen LogP) is 1.69. The highest BCUT2D eigenvalue weighted by atomic mass is 16.2. The first-order valence-corrected chi connectivity index (χ1v) is 6.32. The van der Waals surface area contributed by atoms with Crippen molar-refractivity contribution < 1.29 is 4.79 Å². The van der Waals surface area contributed by atoms with E-state index in [-0.39, 0.29) is 11.9 Å². The smallest absolute Gasteiger partial charge is 0.271 e. The van der Waals surface area contributed by atoms with Crippen LogP contribution in [-0.4, -0.2) is 22.1 Å². The maximum atomic E-state index is 12.0. The van der Waals surface area contributed by atoms with E-state index < -0.39 is 0 Å². The Balaban J connectivity index is 2.00. The van der Waals surface area contributed by atoms with Gasteiger partial charge in [0.25, 0.3) is 5.91 Å².